The number of hydrogen-bond acceptors (Lipinski definition) is 3. The van der Waals surface area contributed by atoms with Crippen LogP contribution in [0, 0.1) is 0 Å². The van der Waals surface area contributed by atoms with Crippen molar-refractivity contribution in [2.24, 2.45) is 0 Å². The molecule has 1 aliphatic heterocycles. The first kappa shape index (κ1) is 19.8. The molecule has 0 fully saturated rings. The van der Waals surface area contributed by atoms with Crippen molar-refractivity contribution in [3.05, 3.63) is 47.9 Å². The zero-order valence-electron chi connectivity index (χ0n) is 16.5. The van der Waals surface area contributed by atoms with Crippen molar-refractivity contribution in [3.63, 3.8) is 0 Å². The van der Waals surface area contributed by atoms with Crippen molar-refractivity contribution in [1.82, 2.24) is 15.5 Å². The average Bonchev–Trinajstić information content (AvgIpc) is 2.64. The molecule has 3 nitrogen and oxygen atoms in total. The van der Waals surface area contributed by atoms with Gasteiger partial charge in [0.15, 0.2) is 0 Å². The van der Waals surface area contributed by atoms with Crippen molar-refractivity contribution in [2.75, 3.05) is 26.7 Å². The van der Waals surface area contributed by atoms with Gasteiger partial charge in [-0.05, 0) is 49.7 Å². The highest BCUT2D eigenvalue weighted by Crippen LogP contribution is 2.30. The molecule has 0 spiro atoms. The molecule has 2 N–H and O–H groups in total. The first-order chi connectivity index (χ1) is 12.2. The molecule has 3 heteroatoms. The SMILES string of the molecule is CCCCCNC1=CCC(NCCCCC)(C2=CCN(C)C=C2)C=C1. The molecule has 0 aromatic rings. The summed E-state index contributed by atoms with van der Waals surface area (Å²) in [5.41, 5.74) is 2.64. The van der Waals surface area contributed by atoms with Crippen LogP contribution in [0.15, 0.2) is 47.9 Å². The van der Waals surface area contributed by atoms with E-state index in [1.807, 2.05) is 0 Å². The van der Waals surface area contributed by atoms with Crippen LogP contribution in [0.5, 0.6) is 0 Å². The van der Waals surface area contributed by atoms with Crippen molar-refractivity contribution in [1.29, 1.82) is 0 Å². The van der Waals surface area contributed by atoms with Gasteiger partial charge in [0, 0.05) is 25.8 Å². The first-order valence-corrected chi connectivity index (χ1v) is 10.2. The maximum Gasteiger partial charge on any atom is 0.0658 e. The summed E-state index contributed by atoms with van der Waals surface area (Å²) in [6.45, 7) is 7.66. The Balaban J connectivity index is 1.98. The normalized spacial score (nSPS) is 22.8. The molecular weight excluding hydrogens is 306 g/mol. The zero-order chi connectivity index (χ0) is 18.0. The van der Waals surface area contributed by atoms with E-state index in [4.69, 9.17) is 0 Å². The number of allylic oxidation sites excluding steroid dienone is 1. The number of nitrogens with one attached hydrogen (secondary N) is 2. The maximum atomic E-state index is 3.85. The molecule has 0 saturated heterocycles. The Kier molecular flexibility index (Phi) is 8.33. The highest BCUT2D eigenvalue weighted by molar-refractivity contribution is 5.44. The molecule has 0 bridgehead atoms. The minimum absolute atomic E-state index is 0.0416. The van der Waals surface area contributed by atoms with Crippen LogP contribution in [0.3, 0.4) is 0 Å². The van der Waals surface area contributed by atoms with E-state index in [2.05, 4.69) is 73.0 Å². The smallest absolute Gasteiger partial charge is 0.0658 e. The molecule has 0 radical (unpaired) electrons. The minimum atomic E-state index is -0.0416. The molecule has 0 aromatic carbocycles. The van der Waals surface area contributed by atoms with Crippen molar-refractivity contribution < 1.29 is 0 Å². The fourth-order valence-corrected chi connectivity index (χ4v) is 3.42. The Morgan fingerprint density at radius 1 is 1.00 bits per heavy atom. The fraction of sp³-hybridized carbons (Fsp3) is 0.636. The van der Waals surface area contributed by atoms with Gasteiger partial charge in [-0.15, -0.1) is 0 Å². The molecule has 1 atom stereocenters. The lowest BCUT2D eigenvalue weighted by Gasteiger charge is -2.37. The van der Waals surface area contributed by atoms with E-state index in [0.717, 1.165) is 26.1 Å². The zero-order valence-corrected chi connectivity index (χ0v) is 16.5. The molecule has 1 aliphatic carbocycles. The lowest BCUT2D eigenvalue weighted by atomic mass is 9.81. The van der Waals surface area contributed by atoms with E-state index >= 15 is 0 Å². The maximum absolute atomic E-state index is 3.85. The van der Waals surface area contributed by atoms with E-state index in [9.17, 15) is 0 Å². The lowest BCUT2D eigenvalue weighted by Crippen LogP contribution is -2.47. The standard InChI is InChI=1S/C22H37N3/c1-4-6-8-16-23-21-10-14-22(15-11-21,24-17-9-7-5-2)20-12-18-25(3)19-13-20/h10-14,18,23-24H,4-9,15-17,19H2,1-3H3. The van der Waals surface area contributed by atoms with Crippen LogP contribution >= 0.6 is 0 Å². The predicted molar refractivity (Wildman–Crippen MR) is 109 cm³/mol. The average molecular weight is 344 g/mol. The lowest BCUT2D eigenvalue weighted by molar-refractivity contribution is 0.438. The number of hydrogen-bond donors (Lipinski definition) is 2. The minimum Gasteiger partial charge on any atom is -0.385 e. The van der Waals surface area contributed by atoms with Gasteiger partial charge in [-0.25, -0.2) is 0 Å². The molecule has 0 saturated carbocycles. The van der Waals surface area contributed by atoms with Gasteiger partial charge in [0.2, 0.25) is 0 Å². The van der Waals surface area contributed by atoms with E-state index < -0.39 is 0 Å². The Bertz CT molecular complexity index is 515. The summed E-state index contributed by atoms with van der Waals surface area (Å²) in [4.78, 5) is 2.22. The molecule has 2 aliphatic rings. The largest absolute Gasteiger partial charge is 0.385 e. The van der Waals surface area contributed by atoms with Gasteiger partial charge in [0.05, 0.1) is 5.54 Å². The van der Waals surface area contributed by atoms with Gasteiger partial charge in [-0.1, -0.05) is 57.8 Å². The number of nitrogens with zero attached hydrogens (tertiary/aromatic N) is 1. The Labute approximate surface area is 154 Å². The third kappa shape index (κ3) is 6.07. The summed E-state index contributed by atoms with van der Waals surface area (Å²) < 4.78 is 0. The first-order valence-electron chi connectivity index (χ1n) is 10.2. The van der Waals surface area contributed by atoms with Crippen molar-refractivity contribution in [2.45, 2.75) is 64.3 Å². The summed E-state index contributed by atoms with van der Waals surface area (Å²) >= 11 is 0. The monoisotopic (exact) mass is 343 g/mol. The van der Waals surface area contributed by atoms with Crippen LogP contribution in [-0.4, -0.2) is 37.1 Å². The highest BCUT2D eigenvalue weighted by atomic mass is 15.1. The summed E-state index contributed by atoms with van der Waals surface area (Å²) in [6.07, 6.45) is 22.5. The van der Waals surface area contributed by atoms with Crippen molar-refractivity contribution >= 4 is 0 Å². The van der Waals surface area contributed by atoms with Gasteiger partial charge in [-0.2, -0.15) is 0 Å². The summed E-state index contributed by atoms with van der Waals surface area (Å²) in [7, 11) is 2.13. The molecule has 140 valence electrons. The van der Waals surface area contributed by atoms with E-state index in [0.29, 0.717) is 0 Å². The Morgan fingerprint density at radius 2 is 1.76 bits per heavy atom. The summed E-state index contributed by atoms with van der Waals surface area (Å²) in [5, 5.41) is 7.44. The van der Waals surface area contributed by atoms with E-state index in [-0.39, 0.29) is 5.54 Å². The third-order valence-electron chi connectivity index (χ3n) is 5.14. The summed E-state index contributed by atoms with van der Waals surface area (Å²) in [5.74, 6) is 0. The highest BCUT2D eigenvalue weighted by Gasteiger charge is 2.31. The molecule has 2 rings (SSSR count). The molecule has 1 unspecified atom stereocenters. The second-order valence-corrected chi connectivity index (χ2v) is 7.35. The van der Waals surface area contributed by atoms with Crippen LogP contribution in [0.25, 0.3) is 0 Å². The molecular formula is C22H37N3. The van der Waals surface area contributed by atoms with E-state index in [1.165, 1.54) is 49.8 Å². The van der Waals surface area contributed by atoms with Crippen LogP contribution < -0.4 is 10.6 Å². The van der Waals surface area contributed by atoms with Gasteiger partial charge < -0.3 is 15.5 Å². The number of likely N-dealkylation sites (N-methyl/N-ethyl adjacent to an activating group) is 1. The predicted octanol–water partition coefficient (Wildman–Crippen LogP) is 4.51. The molecule has 1 heterocycles. The van der Waals surface area contributed by atoms with Crippen LogP contribution in [0.2, 0.25) is 0 Å². The van der Waals surface area contributed by atoms with Crippen LogP contribution in [0.4, 0.5) is 0 Å². The topological polar surface area (TPSA) is 27.3 Å². The van der Waals surface area contributed by atoms with Gasteiger partial charge >= 0.3 is 0 Å². The third-order valence-corrected chi connectivity index (χ3v) is 5.14. The molecule has 0 amide bonds. The Morgan fingerprint density at radius 3 is 2.36 bits per heavy atom. The van der Waals surface area contributed by atoms with Crippen LogP contribution in [-0.2, 0) is 0 Å². The van der Waals surface area contributed by atoms with Crippen molar-refractivity contribution in [3.8, 4) is 0 Å². The fourth-order valence-electron chi connectivity index (χ4n) is 3.42. The molecule has 0 aromatic heterocycles. The van der Waals surface area contributed by atoms with Gasteiger partial charge in [0.1, 0.15) is 0 Å². The van der Waals surface area contributed by atoms with Crippen LogP contribution in [0.1, 0.15) is 58.8 Å². The quantitative estimate of drug-likeness (QED) is 0.540. The van der Waals surface area contributed by atoms with Gasteiger partial charge in [-0.3, -0.25) is 0 Å². The van der Waals surface area contributed by atoms with Gasteiger partial charge in [0.25, 0.3) is 0 Å². The number of unbranched alkanes of at least 4 members (excludes halogenated alkanes) is 4. The summed E-state index contributed by atoms with van der Waals surface area (Å²) in [6, 6.07) is 0. The van der Waals surface area contributed by atoms with E-state index in [1.54, 1.807) is 0 Å². The Hall–Kier alpha value is -1.48. The second kappa shape index (κ2) is 10.5. The second-order valence-electron chi connectivity index (χ2n) is 7.35. The molecule has 25 heavy (non-hydrogen) atoms. The number of rotatable bonds is 11.